The molecule has 0 aliphatic rings. The van der Waals surface area contributed by atoms with Crippen molar-refractivity contribution >= 4 is 8.32 Å². The van der Waals surface area contributed by atoms with E-state index in [0.29, 0.717) is 5.04 Å². The fourth-order valence-electron chi connectivity index (χ4n) is 1.52. The molecule has 1 heterocycles. The molecule has 1 aromatic heterocycles. The van der Waals surface area contributed by atoms with Crippen molar-refractivity contribution in [3.63, 3.8) is 0 Å². The number of pyridine rings is 1. The summed E-state index contributed by atoms with van der Waals surface area (Å²) in [4.78, 5) is 4.13. The summed E-state index contributed by atoms with van der Waals surface area (Å²) in [7, 11) is -1.55. The van der Waals surface area contributed by atoms with Crippen LogP contribution in [0.2, 0.25) is 18.1 Å². The topological polar surface area (TPSA) is 22.1 Å². The van der Waals surface area contributed by atoms with Crippen LogP contribution in [-0.2, 0) is 10.8 Å². The zero-order valence-corrected chi connectivity index (χ0v) is 13.5. The molecule has 0 aromatic carbocycles. The highest BCUT2D eigenvalue weighted by Crippen LogP contribution is 2.36. The lowest BCUT2D eigenvalue weighted by Gasteiger charge is -2.36. The van der Waals surface area contributed by atoms with Gasteiger partial charge in [0.05, 0.1) is 0 Å². The van der Waals surface area contributed by atoms with Gasteiger partial charge in [0.2, 0.25) is 0 Å². The predicted octanol–water partition coefficient (Wildman–Crippen LogP) is 4.43. The summed E-state index contributed by atoms with van der Waals surface area (Å²) in [6.07, 6.45) is 7.20. The molecule has 0 saturated carbocycles. The largest absolute Gasteiger partial charge is 0.417 e. The second-order valence-electron chi connectivity index (χ2n) is 6.43. The summed E-state index contributed by atoms with van der Waals surface area (Å²) in [5, 5.41) is 0.316. The van der Waals surface area contributed by atoms with Crippen LogP contribution < -0.4 is 0 Å². The van der Waals surface area contributed by atoms with Gasteiger partial charge in [-0.05, 0) is 49.0 Å². The molecule has 0 radical (unpaired) electrons. The fraction of sp³-hybridized carbons (Fsp3) is 0.667. The van der Waals surface area contributed by atoms with Crippen LogP contribution in [0.1, 0.15) is 39.2 Å². The van der Waals surface area contributed by atoms with Crippen LogP contribution in [0, 0.1) is 0 Å². The molecule has 1 rings (SSSR count). The lowest BCUT2D eigenvalue weighted by Crippen LogP contribution is -2.40. The smallest absolute Gasteiger partial charge is 0.191 e. The average molecular weight is 265 g/mol. The van der Waals surface area contributed by atoms with Gasteiger partial charge in [-0.2, -0.15) is 0 Å². The standard InChI is InChI=1S/C15H27NOSi/c1-15(2,3)18(4,5)17-12-7-6-9-14-10-8-11-16-13-14/h8,10-11,13H,6-7,9,12H2,1-5H3. The van der Waals surface area contributed by atoms with Crippen molar-refractivity contribution in [2.45, 2.75) is 58.2 Å². The first-order valence-corrected chi connectivity index (χ1v) is 9.77. The second-order valence-corrected chi connectivity index (χ2v) is 11.2. The van der Waals surface area contributed by atoms with Crippen molar-refractivity contribution in [1.82, 2.24) is 4.98 Å². The summed E-state index contributed by atoms with van der Waals surface area (Å²) in [6, 6.07) is 4.14. The van der Waals surface area contributed by atoms with Gasteiger partial charge in [0.15, 0.2) is 8.32 Å². The lowest BCUT2D eigenvalue weighted by atomic mass is 10.1. The average Bonchev–Trinajstić information content (AvgIpc) is 2.28. The van der Waals surface area contributed by atoms with E-state index in [4.69, 9.17) is 4.43 Å². The van der Waals surface area contributed by atoms with Crippen LogP contribution >= 0.6 is 0 Å². The number of aryl methyl sites for hydroxylation is 1. The number of unbranched alkanes of at least 4 members (excludes halogenated alkanes) is 1. The second kappa shape index (κ2) is 6.48. The Morgan fingerprint density at radius 1 is 1.22 bits per heavy atom. The molecule has 2 nitrogen and oxygen atoms in total. The third-order valence-electron chi connectivity index (χ3n) is 3.85. The molecule has 0 unspecified atom stereocenters. The minimum absolute atomic E-state index is 0.316. The highest BCUT2D eigenvalue weighted by atomic mass is 28.4. The Hall–Kier alpha value is -0.673. The maximum atomic E-state index is 6.16. The SMILES string of the molecule is CC(C)(C)[Si](C)(C)OCCCCc1cccnc1. The van der Waals surface area contributed by atoms with Gasteiger partial charge < -0.3 is 4.43 Å². The molecule has 0 amide bonds. The number of nitrogens with zero attached hydrogens (tertiary/aromatic N) is 1. The van der Waals surface area contributed by atoms with Crippen molar-refractivity contribution in [2.24, 2.45) is 0 Å². The van der Waals surface area contributed by atoms with Gasteiger partial charge in [0.25, 0.3) is 0 Å². The van der Waals surface area contributed by atoms with E-state index in [2.05, 4.69) is 44.9 Å². The Labute approximate surface area is 113 Å². The normalized spacial score (nSPS) is 12.7. The monoisotopic (exact) mass is 265 g/mol. The van der Waals surface area contributed by atoms with Gasteiger partial charge in [0.1, 0.15) is 0 Å². The zero-order chi connectivity index (χ0) is 13.6. The zero-order valence-electron chi connectivity index (χ0n) is 12.5. The lowest BCUT2D eigenvalue weighted by molar-refractivity contribution is 0.279. The molecule has 0 saturated heterocycles. The van der Waals surface area contributed by atoms with E-state index < -0.39 is 8.32 Å². The van der Waals surface area contributed by atoms with E-state index in [0.717, 1.165) is 19.4 Å². The predicted molar refractivity (Wildman–Crippen MR) is 80.3 cm³/mol. The summed E-state index contributed by atoms with van der Waals surface area (Å²) in [5.74, 6) is 0. The van der Waals surface area contributed by atoms with Crippen LogP contribution in [-0.4, -0.2) is 19.9 Å². The van der Waals surface area contributed by atoms with Crippen molar-refractivity contribution in [3.8, 4) is 0 Å². The Bertz CT molecular complexity index is 343. The first-order chi connectivity index (χ1) is 8.33. The Morgan fingerprint density at radius 2 is 1.94 bits per heavy atom. The summed E-state index contributed by atoms with van der Waals surface area (Å²) >= 11 is 0. The molecule has 0 N–H and O–H groups in total. The molecular weight excluding hydrogens is 238 g/mol. The first-order valence-electron chi connectivity index (χ1n) is 6.86. The van der Waals surface area contributed by atoms with Gasteiger partial charge in [-0.1, -0.05) is 26.8 Å². The highest BCUT2D eigenvalue weighted by Gasteiger charge is 2.36. The molecule has 18 heavy (non-hydrogen) atoms. The third-order valence-corrected chi connectivity index (χ3v) is 8.39. The van der Waals surface area contributed by atoms with Gasteiger partial charge >= 0.3 is 0 Å². The van der Waals surface area contributed by atoms with Crippen LogP contribution in [0.3, 0.4) is 0 Å². The van der Waals surface area contributed by atoms with Gasteiger partial charge in [-0.25, -0.2) is 0 Å². The molecule has 0 aliphatic carbocycles. The highest BCUT2D eigenvalue weighted by molar-refractivity contribution is 6.74. The van der Waals surface area contributed by atoms with Crippen molar-refractivity contribution in [1.29, 1.82) is 0 Å². The summed E-state index contributed by atoms with van der Waals surface area (Å²) in [6.45, 7) is 12.4. The van der Waals surface area contributed by atoms with E-state index in [-0.39, 0.29) is 0 Å². The Balaban J connectivity index is 2.20. The van der Waals surface area contributed by atoms with E-state index in [9.17, 15) is 0 Å². The summed E-state index contributed by atoms with van der Waals surface area (Å²) in [5.41, 5.74) is 1.32. The van der Waals surface area contributed by atoms with Crippen LogP contribution in [0.4, 0.5) is 0 Å². The Morgan fingerprint density at radius 3 is 2.50 bits per heavy atom. The molecule has 102 valence electrons. The summed E-state index contributed by atoms with van der Waals surface area (Å²) < 4.78 is 6.16. The van der Waals surface area contributed by atoms with Gasteiger partial charge in [-0.3, -0.25) is 4.98 Å². The van der Waals surface area contributed by atoms with Gasteiger partial charge in [0, 0.05) is 19.0 Å². The maximum absolute atomic E-state index is 6.16. The fourth-order valence-corrected chi connectivity index (χ4v) is 2.61. The molecule has 1 aromatic rings. The molecule has 0 atom stereocenters. The molecule has 0 fully saturated rings. The van der Waals surface area contributed by atoms with Crippen molar-refractivity contribution in [2.75, 3.05) is 6.61 Å². The van der Waals surface area contributed by atoms with Crippen molar-refractivity contribution < 1.29 is 4.43 Å². The molecule has 0 aliphatic heterocycles. The third kappa shape index (κ3) is 4.90. The quantitative estimate of drug-likeness (QED) is 0.561. The van der Waals surface area contributed by atoms with E-state index in [1.54, 1.807) is 0 Å². The number of hydrogen-bond acceptors (Lipinski definition) is 2. The first kappa shape index (κ1) is 15.4. The number of rotatable bonds is 6. The molecular formula is C15H27NOSi. The number of hydrogen-bond donors (Lipinski definition) is 0. The molecule has 0 spiro atoms. The van der Waals surface area contributed by atoms with Crippen LogP contribution in [0.5, 0.6) is 0 Å². The van der Waals surface area contributed by atoms with Gasteiger partial charge in [-0.15, -0.1) is 0 Å². The van der Waals surface area contributed by atoms with E-state index in [1.165, 1.54) is 12.0 Å². The van der Waals surface area contributed by atoms with E-state index in [1.807, 2.05) is 18.5 Å². The molecule has 0 bridgehead atoms. The maximum Gasteiger partial charge on any atom is 0.191 e. The van der Waals surface area contributed by atoms with Crippen LogP contribution in [0.15, 0.2) is 24.5 Å². The minimum atomic E-state index is -1.55. The molecule has 3 heteroatoms. The Kier molecular flexibility index (Phi) is 5.54. The minimum Gasteiger partial charge on any atom is -0.417 e. The van der Waals surface area contributed by atoms with E-state index >= 15 is 0 Å². The van der Waals surface area contributed by atoms with Crippen LogP contribution in [0.25, 0.3) is 0 Å². The van der Waals surface area contributed by atoms with Crippen molar-refractivity contribution in [3.05, 3.63) is 30.1 Å². The number of aromatic nitrogens is 1.